The number of carbonyl (C=O) groups is 1. The number of hydrogen-bond acceptors (Lipinski definition) is 2. The molecular weight excluding hydrogens is 322 g/mol. The van der Waals surface area contributed by atoms with E-state index in [1.165, 1.54) is 19.3 Å². The minimum Gasteiger partial charge on any atom is -0.493 e. The van der Waals surface area contributed by atoms with Crippen LogP contribution in [0.1, 0.15) is 43.0 Å². The SMILES string of the molecule is CCCCCCOc1ccc(NC(=O)c2ccccc2)c2ccccc12. The summed E-state index contributed by atoms with van der Waals surface area (Å²) in [6.07, 6.45) is 4.72. The van der Waals surface area contributed by atoms with Crippen molar-refractivity contribution in [3.8, 4) is 5.75 Å². The lowest BCUT2D eigenvalue weighted by molar-refractivity contribution is 0.102. The summed E-state index contributed by atoms with van der Waals surface area (Å²) in [5.41, 5.74) is 1.45. The second kappa shape index (κ2) is 9.04. The van der Waals surface area contributed by atoms with Crippen molar-refractivity contribution in [2.75, 3.05) is 11.9 Å². The fourth-order valence-corrected chi connectivity index (χ4v) is 3.00. The van der Waals surface area contributed by atoms with Gasteiger partial charge in [0.25, 0.3) is 5.91 Å². The summed E-state index contributed by atoms with van der Waals surface area (Å²) < 4.78 is 6.00. The first kappa shape index (κ1) is 18.0. The molecule has 0 bridgehead atoms. The van der Waals surface area contributed by atoms with Gasteiger partial charge >= 0.3 is 0 Å². The fourth-order valence-electron chi connectivity index (χ4n) is 3.00. The van der Waals surface area contributed by atoms with Gasteiger partial charge in [-0.2, -0.15) is 0 Å². The Balaban J connectivity index is 1.78. The molecule has 0 aliphatic carbocycles. The summed E-state index contributed by atoms with van der Waals surface area (Å²) in [6, 6.07) is 21.1. The third kappa shape index (κ3) is 4.42. The van der Waals surface area contributed by atoms with E-state index in [4.69, 9.17) is 4.74 Å². The van der Waals surface area contributed by atoms with E-state index in [1.54, 1.807) is 0 Å². The molecule has 0 aliphatic rings. The van der Waals surface area contributed by atoms with Crippen LogP contribution >= 0.6 is 0 Å². The largest absolute Gasteiger partial charge is 0.493 e. The summed E-state index contributed by atoms with van der Waals surface area (Å²) in [5.74, 6) is 0.763. The van der Waals surface area contributed by atoms with Gasteiger partial charge in [0, 0.05) is 22.0 Å². The maximum atomic E-state index is 12.5. The number of fused-ring (bicyclic) bond motifs is 1. The fraction of sp³-hybridized carbons (Fsp3) is 0.261. The Morgan fingerprint density at radius 2 is 1.58 bits per heavy atom. The third-order valence-corrected chi connectivity index (χ3v) is 4.42. The number of hydrogen-bond donors (Lipinski definition) is 1. The van der Waals surface area contributed by atoms with Gasteiger partial charge in [-0.15, -0.1) is 0 Å². The molecular formula is C23H25NO2. The Labute approximate surface area is 155 Å². The van der Waals surface area contributed by atoms with Crippen molar-refractivity contribution in [1.29, 1.82) is 0 Å². The molecule has 3 nitrogen and oxygen atoms in total. The van der Waals surface area contributed by atoms with E-state index >= 15 is 0 Å². The summed E-state index contributed by atoms with van der Waals surface area (Å²) in [4.78, 5) is 12.5. The number of anilines is 1. The zero-order chi connectivity index (χ0) is 18.2. The Hall–Kier alpha value is -2.81. The molecule has 3 heteroatoms. The molecule has 3 aromatic rings. The van der Waals surface area contributed by atoms with Crippen LogP contribution in [-0.2, 0) is 0 Å². The molecule has 0 aliphatic heterocycles. The average molecular weight is 347 g/mol. The van der Waals surface area contributed by atoms with E-state index in [9.17, 15) is 4.79 Å². The number of rotatable bonds is 8. The predicted octanol–water partition coefficient (Wildman–Crippen LogP) is 6.05. The highest BCUT2D eigenvalue weighted by atomic mass is 16.5. The van der Waals surface area contributed by atoms with Gasteiger partial charge in [-0.05, 0) is 30.7 Å². The molecule has 0 spiro atoms. The molecule has 0 atom stereocenters. The summed E-state index contributed by atoms with van der Waals surface area (Å²) in [6.45, 7) is 2.93. The monoisotopic (exact) mass is 347 g/mol. The number of carbonyl (C=O) groups excluding carboxylic acids is 1. The molecule has 0 unspecified atom stereocenters. The van der Waals surface area contributed by atoms with E-state index < -0.39 is 0 Å². The number of amides is 1. The highest BCUT2D eigenvalue weighted by Crippen LogP contribution is 2.32. The first-order chi connectivity index (χ1) is 12.8. The van der Waals surface area contributed by atoms with E-state index in [-0.39, 0.29) is 5.91 Å². The Morgan fingerprint density at radius 1 is 0.846 bits per heavy atom. The summed E-state index contributed by atoms with van der Waals surface area (Å²) >= 11 is 0. The van der Waals surface area contributed by atoms with Gasteiger partial charge in [-0.1, -0.05) is 68.7 Å². The van der Waals surface area contributed by atoms with Crippen LogP contribution in [0, 0.1) is 0 Å². The molecule has 0 heterocycles. The van der Waals surface area contributed by atoms with Crippen molar-refractivity contribution in [3.63, 3.8) is 0 Å². The van der Waals surface area contributed by atoms with Crippen LogP contribution in [0.5, 0.6) is 5.75 Å². The van der Waals surface area contributed by atoms with Gasteiger partial charge in [0.2, 0.25) is 0 Å². The van der Waals surface area contributed by atoms with Crippen LogP contribution in [0.3, 0.4) is 0 Å². The molecule has 0 radical (unpaired) electrons. The van der Waals surface area contributed by atoms with Crippen LogP contribution in [0.2, 0.25) is 0 Å². The Kier molecular flexibility index (Phi) is 6.26. The third-order valence-electron chi connectivity index (χ3n) is 4.42. The van der Waals surface area contributed by atoms with E-state index in [0.29, 0.717) is 5.56 Å². The van der Waals surface area contributed by atoms with Gasteiger partial charge < -0.3 is 10.1 Å². The van der Waals surface area contributed by atoms with Crippen molar-refractivity contribution in [2.24, 2.45) is 0 Å². The van der Waals surface area contributed by atoms with Crippen LogP contribution in [0.15, 0.2) is 66.7 Å². The van der Waals surface area contributed by atoms with Crippen LogP contribution < -0.4 is 10.1 Å². The van der Waals surface area contributed by atoms with Gasteiger partial charge in [0.1, 0.15) is 5.75 Å². The van der Waals surface area contributed by atoms with Crippen LogP contribution in [0.4, 0.5) is 5.69 Å². The zero-order valence-corrected chi connectivity index (χ0v) is 15.2. The van der Waals surface area contributed by atoms with Crippen molar-refractivity contribution >= 4 is 22.4 Å². The Morgan fingerprint density at radius 3 is 2.35 bits per heavy atom. The number of benzene rings is 3. The molecule has 26 heavy (non-hydrogen) atoms. The van der Waals surface area contributed by atoms with Crippen molar-refractivity contribution in [1.82, 2.24) is 0 Å². The topological polar surface area (TPSA) is 38.3 Å². The number of ether oxygens (including phenoxy) is 1. The lowest BCUT2D eigenvalue weighted by Gasteiger charge is -2.13. The normalized spacial score (nSPS) is 10.7. The quantitative estimate of drug-likeness (QED) is 0.504. The first-order valence-corrected chi connectivity index (χ1v) is 9.30. The van der Waals surface area contributed by atoms with Gasteiger partial charge in [0.05, 0.1) is 6.61 Å². The maximum Gasteiger partial charge on any atom is 0.255 e. The average Bonchev–Trinajstić information content (AvgIpc) is 2.70. The summed E-state index contributed by atoms with van der Waals surface area (Å²) in [5, 5.41) is 5.03. The molecule has 0 saturated carbocycles. The first-order valence-electron chi connectivity index (χ1n) is 9.30. The standard InChI is InChI=1S/C23H25NO2/c1-2-3-4-10-17-26-22-16-15-21(19-13-8-9-14-20(19)22)24-23(25)18-11-6-5-7-12-18/h5-9,11-16H,2-4,10,17H2,1H3,(H,24,25). The molecule has 3 rings (SSSR count). The lowest BCUT2D eigenvalue weighted by atomic mass is 10.1. The molecule has 3 aromatic carbocycles. The lowest BCUT2D eigenvalue weighted by Crippen LogP contribution is -2.12. The van der Waals surface area contributed by atoms with Gasteiger partial charge in [-0.25, -0.2) is 0 Å². The second-order valence-electron chi connectivity index (χ2n) is 6.39. The number of nitrogens with one attached hydrogen (secondary N) is 1. The molecule has 1 N–H and O–H groups in total. The molecule has 0 saturated heterocycles. The molecule has 1 amide bonds. The van der Waals surface area contributed by atoms with Crippen molar-refractivity contribution in [3.05, 3.63) is 72.3 Å². The Bertz CT molecular complexity index is 858. The highest BCUT2D eigenvalue weighted by molar-refractivity contribution is 6.10. The van der Waals surface area contributed by atoms with E-state index in [2.05, 4.69) is 12.2 Å². The predicted molar refractivity (Wildman–Crippen MR) is 108 cm³/mol. The maximum absolute atomic E-state index is 12.5. The van der Waals surface area contributed by atoms with Crippen LogP contribution in [0.25, 0.3) is 10.8 Å². The van der Waals surface area contributed by atoms with E-state index in [0.717, 1.165) is 35.2 Å². The number of unbranched alkanes of at least 4 members (excludes halogenated alkanes) is 3. The van der Waals surface area contributed by atoms with Gasteiger partial charge in [0.15, 0.2) is 0 Å². The zero-order valence-electron chi connectivity index (χ0n) is 15.2. The minimum atomic E-state index is -0.107. The van der Waals surface area contributed by atoms with Crippen molar-refractivity contribution < 1.29 is 9.53 Å². The molecule has 0 aromatic heterocycles. The molecule has 134 valence electrons. The van der Waals surface area contributed by atoms with Gasteiger partial charge in [-0.3, -0.25) is 4.79 Å². The van der Waals surface area contributed by atoms with E-state index in [1.807, 2.05) is 66.7 Å². The smallest absolute Gasteiger partial charge is 0.255 e. The highest BCUT2D eigenvalue weighted by Gasteiger charge is 2.10. The van der Waals surface area contributed by atoms with Crippen molar-refractivity contribution in [2.45, 2.75) is 32.6 Å². The minimum absolute atomic E-state index is 0.107. The van der Waals surface area contributed by atoms with Crippen LogP contribution in [-0.4, -0.2) is 12.5 Å². The summed E-state index contributed by atoms with van der Waals surface area (Å²) in [7, 11) is 0. The molecule has 0 fully saturated rings. The second-order valence-corrected chi connectivity index (χ2v) is 6.39.